The number of benzene rings is 1. The fourth-order valence-corrected chi connectivity index (χ4v) is 2.94. The van der Waals surface area contributed by atoms with E-state index >= 15 is 0 Å². The molecule has 0 radical (unpaired) electrons. The maximum Gasteiger partial charge on any atom is 0.348 e. The summed E-state index contributed by atoms with van der Waals surface area (Å²) >= 11 is 0. The molecule has 2 rings (SSSR count). The first-order valence-corrected chi connectivity index (χ1v) is 8.24. The van der Waals surface area contributed by atoms with Gasteiger partial charge in [0.1, 0.15) is 0 Å². The third-order valence-electron chi connectivity index (χ3n) is 4.00. The Bertz CT molecular complexity index is 782. The molecular formula is C19H24N2O5. The van der Waals surface area contributed by atoms with Gasteiger partial charge in [0.2, 0.25) is 0 Å². The number of ether oxygens (including phenoxy) is 1. The molecule has 0 saturated heterocycles. The van der Waals surface area contributed by atoms with Gasteiger partial charge >= 0.3 is 11.9 Å². The third kappa shape index (κ3) is 3.94. The lowest BCUT2D eigenvalue weighted by Gasteiger charge is -2.33. The maximum absolute atomic E-state index is 11.8. The minimum absolute atomic E-state index is 0.279. The van der Waals surface area contributed by atoms with Crippen LogP contribution in [0.25, 0.3) is 11.1 Å². The molecule has 1 aromatic carbocycles. The molecule has 2 aromatic rings. The number of aryl methyl sites for hydroxylation is 2. The van der Waals surface area contributed by atoms with Gasteiger partial charge in [-0.1, -0.05) is 24.3 Å². The molecule has 0 unspecified atom stereocenters. The van der Waals surface area contributed by atoms with Crippen molar-refractivity contribution < 1.29 is 24.5 Å². The van der Waals surface area contributed by atoms with Crippen LogP contribution in [0.3, 0.4) is 0 Å². The number of hydrogen-bond donors (Lipinski definition) is 3. The molecule has 7 nitrogen and oxygen atoms in total. The zero-order valence-electron chi connectivity index (χ0n) is 15.6. The Morgan fingerprint density at radius 3 is 2.00 bits per heavy atom. The minimum Gasteiger partial charge on any atom is -0.479 e. The number of carbonyl (C=O) groups is 2. The average molecular weight is 360 g/mol. The van der Waals surface area contributed by atoms with E-state index in [0.29, 0.717) is 5.56 Å². The molecular weight excluding hydrogens is 336 g/mol. The third-order valence-corrected chi connectivity index (χ3v) is 4.00. The fraction of sp³-hybridized carbons (Fsp3) is 0.421. The van der Waals surface area contributed by atoms with Gasteiger partial charge in [-0.2, -0.15) is 5.10 Å². The summed E-state index contributed by atoms with van der Waals surface area (Å²) in [7, 11) is 0. The van der Waals surface area contributed by atoms with Crippen molar-refractivity contribution in [3.8, 4) is 11.1 Å². The maximum atomic E-state index is 11.8. The SMILES string of the molecule is Cc1n[nH]c(C)c1-c1ccc(CC(OC(C)(C)C)(C(=O)O)C(=O)O)cc1. The quantitative estimate of drug-likeness (QED) is 0.683. The first-order chi connectivity index (χ1) is 12.0. The van der Waals surface area contributed by atoms with Crippen LogP contribution >= 0.6 is 0 Å². The summed E-state index contributed by atoms with van der Waals surface area (Å²) in [6, 6.07) is 7.08. The molecule has 7 heteroatoms. The average Bonchev–Trinajstić information content (AvgIpc) is 2.85. The van der Waals surface area contributed by atoms with Crippen LogP contribution < -0.4 is 0 Å². The second-order valence-electron chi connectivity index (χ2n) is 7.33. The molecule has 26 heavy (non-hydrogen) atoms. The first-order valence-electron chi connectivity index (χ1n) is 8.24. The van der Waals surface area contributed by atoms with Crippen molar-refractivity contribution in [2.24, 2.45) is 0 Å². The molecule has 0 amide bonds. The zero-order chi connectivity index (χ0) is 19.7. The van der Waals surface area contributed by atoms with Gasteiger partial charge < -0.3 is 14.9 Å². The van der Waals surface area contributed by atoms with Gasteiger partial charge in [-0.15, -0.1) is 0 Å². The van der Waals surface area contributed by atoms with E-state index in [9.17, 15) is 19.8 Å². The number of aromatic nitrogens is 2. The molecule has 0 aliphatic carbocycles. The molecule has 0 spiro atoms. The number of rotatable bonds is 6. The van der Waals surface area contributed by atoms with E-state index in [1.807, 2.05) is 26.0 Å². The van der Waals surface area contributed by atoms with Crippen molar-refractivity contribution in [3.05, 3.63) is 41.2 Å². The van der Waals surface area contributed by atoms with Crippen LogP contribution in [0, 0.1) is 13.8 Å². The van der Waals surface area contributed by atoms with Crippen molar-refractivity contribution >= 4 is 11.9 Å². The van der Waals surface area contributed by atoms with E-state index in [0.717, 1.165) is 22.5 Å². The predicted molar refractivity (Wildman–Crippen MR) is 96.0 cm³/mol. The molecule has 0 bridgehead atoms. The van der Waals surface area contributed by atoms with Crippen LogP contribution in [0.15, 0.2) is 24.3 Å². The Balaban J connectivity index is 2.38. The van der Waals surface area contributed by atoms with Crippen LogP contribution in [-0.2, 0) is 20.7 Å². The van der Waals surface area contributed by atoms with Gasteiger partial charge in [0.25, 0.3) is 5.60 Å². The number of nitrogens with one attached hydrogen (secondary N) is 1. The monoisotopic (exact) mass is 360 g/mol. The van der Waals surface area contributed by atoms with Crippen LogP contribution in [0.4, 0.5) is 0 Å². The van der Waals surface area contributed by atoms with Crippen molar-refractivity contribution in [1.29, 1.82) is 0 Å². The summed E-state index contributed by atoms with van der Waals surface area (Å²) in [6.45, 7) is 8.69. The van der Waals surface area contributed by atoms with E-state index in [-0.39, 0.29) is 6.42 Å². The van der Waals surface area contributed by atoms with E-state index in [1.54, 1.807) is 32.9 Å². The number of aliphatic carboxylic acids is 2. The van der Waals surface area contributed by atoms with Crippen molar-refractivity contribution in [3.63, 3.8) is 0 Å². The Kier molecular flexibility index (Phi) is 5.23. The van der Waals surface area contributed by atoms with Gasteiger partial charge in [-0.3, -0.25) is 5.10 Å². The lowest BCUT2D eigenvalue weighted by molar-refractivity contribution is -0.199. The topological polar surface area (TPSA) is 113 Å². The summed E-state index contributed by atoms with van der Waals surface area (Å²) in [5.74, 6) is -3.05. The number of H-pyrrole nitrogens is 1. The second-order valence-corrected chi connectivity index (χ2v) is 7.33. The number of hydrogen-bond acceptors (Lipinski definition) is 4. The largest absolute Gasteiger partial charge is 0.479 e. The highest BCUT2D eigenvalue weighted by Crippen LogP contribution is 2.29. The van der Waals surface area contributed by atoms with Gasteiger partial charge in [0.05, 0.1) is 11.3 Å². The molecule has 0 aliphatic heterocycles. The van der Waals surface area contributed by atoms with Crippen molar-refractivity contribution in [1.82, 2.24) is 10.2 Å². The number of carboxylic acid groups (broad SMARTS) is 2. The zero-order valence-corrected chi connectivity index (χ0v) is 15.6. The fourth-order valence-electron chi connectivity index (χ4n) is 2.94. The lowest BCUT2D eigenvalue weighted by Crippen LogP contribution is -2.54. The summed E-state index contributed by atoms with van der Waals surface area (Å²) in [5.41, 5.74) is 0.967. The number of nitrogens with zero attached hydrogens (tertiary/aromatic N) is 1. The smallest absolute Gasteiger partial charge is 0.348 e. The Morgan fingerprint density at radius 2 is 1.62 bits per heavy atom. The molecule has 1 aromatic heterocycles. The van der Waals surface area contributed by atoms with Crippen LogP contribution in [0.5, 0.6) is 0 Å². The lowest BCUT2D eigenvalue weighted by atomic mass is 9.92. The van der Waals surface area contributed by atoms with Crippen LogP contribution in [0.2, 0.25) is 0 Å². The van der Waals surface area contributed by atoms with E-state index < -0.39 is 23.1 Å². The normalized spacial score (nSPS) is 12.2. The highest BCUT2D eigenvalue weighted by atomic mass is 16.6. The Morgan fingerprint density at radius 1 is 1.08 bits per heavy atom. The molecule has 1 heterocycles. The number of aromatic amines is 1. The van der Waals surface area contributed by atoms with E-state index in [1.165, 1.54) is 0 Å². The molecule has 3 N–H and O–H groups in total. The van der Waals surface area contributed by atoms with Crippen LogP contribution in [0.1, 0.15) is 37.7 Å². The van der Waals surface area contributed by atoms with Crippen LogP contribution in [-0.4, -0.2) is 43.6 Å². The standard InChI is InChI=1S/C19H24N2O5/c1-11-15(12(2)21-20-11)14-8-6-13(7-9-14)10-19(16(22)23,17(24)25)26-18(3,4)5/h6-9H,10H2,1-5H3,(H,20,21)(H,22,23)(H,24,25). The molecule has 0 fully saturated rings. The highest BCUT2D eigenvalue weighted by molar-refractivity contribution is 6.02. The van der Waals surface area contributed by atoms with Crippen molar-refractivity contribution in [2.75, 3.05) is 0 Å². The van der Waals surface area contributed by atoms with E-state index in [4.69, 9.17) is 4.74 Å². The molecule has 140 valence electrons. The number of carboxylic acids is 2. The Hall–Kier alpha value is -2.67. The highest BCUT2D eigenvalue weighted by Gasteiger charge is 2.50. The summed E-state index contributed by atoms with van der Waals surface area (Å²) in [5, 5.41) is 26.2. The molecule has 0 aliphatic rings. The van der Waals surface area contributed by atoms with E-state index in [2.05, 4.69) is 10.2 Å². The minimum atomic E-state index is -2.35. The van der Waals surface area contributed by atoms with Gasteiger partial charge in [-0.05, 0) is 45.7 Å². The second kappa shape index (κ2) is 6.92. The van der Waals surface area contributed by atoms with Gasteiger partial charge in [0, 0.05) is 17.7 Å². The summed E-state index contributed by atoms with van der Waals surface area (Å²) in [6.07, 6.45) is -0.279. The summed E-state index contributed by atoms with van der Waals surface area (Å²) < 4.78 is 5.48. The predicted octanol–water partition coefficient (Wildman–Crippen LogP) is 2.96. The van der Waals surface area contributed by atoms with Crippen molar-refractivity contribution in [2.45, 2.75) is 52.2 Å². The summed E-state index contributed by atoms with van der Waals surface area (Å²) in [4.78, 5) is 23.5. The Labute approximate surface area is 152 Å². The molecule has 0 atom stereocenters. The molecule has 0 saturated carbocycles. The first kappa shape index (κ1) is 19.7. The van der Waals surface area contributed by atoms with Gasteiger partial charge in [0.15, 0.2) is 0 Å². The van der Waals surface area contributed by atoms with Gasteiger partial charge in [-0.25, -0.2) is 9.59 Å².